The van der Waals surface area contributed by atoms with Gasteiger partial charge in [-0.3, -0.25) is 0 Å². The molecule has 0 aliphatic carbocycles. The first-order valence-corrected chi connectivity index (χ1v) is 6.54. The summed E-state index contributed by atoms with van der Waals surface area (Å²) in [5.41, 5.74) is 2.38. The number of hydrogen-bond acceptors (Lipinski definition) is 1. The molecule has 0 atom stereocenters. The monoisotopic (exact) mass is 260 g/mol. The highest BCUT2D eigenvalue weighted by atomic mass is 35.5. The lowest BCUT2D eigenvalue weighted by Crippen LogP contribution is -1.79. The molecule has 0 N–H and O–H groups in total. The van der Waals surface area contributed by atoms with Gasteiger partial charge in [-0.15, -0.1) is 0 Å². The largest absolute Gasteiger partial charge is 0.0901 e. The molecule has 86 valence electrons. The van der Waals surface area contributed by atoms with Crippen molar-refractivity contribution in [2.75, 3.05) is 0 Å². The van der Waals surface area contributed by atoms with Gasteiger partial charge < -0.3 is 0 Å². The van der Waals surface area contributed by atoms with Gasteiger partial charge in [-0.1, -0.05) is 59.8 Å². The van der Waals surface area contributed by atoms with Crippen LogP contribution in [-0.2, 0) is 0 Å². The van der Waals surface area contributed by atoms with Crippen LogP contribution in [-0.4, -0.2) is 0 Å². The van der Waals surface area contributed by atoms with E-state index in [-0.39, 0.29) is 0 Å². The molecular weight excluding hydrogens is 248 g/mol. The SMILES string of the molecule is C=C(Sc1ccc(C)cc1)c1ccc(Cl)cc1. The smallest absolute Gasteiger partial charge is 0.0406 e. The van der Waals surface area contributed by atoms with Gasteiger partial charge in [0.1, 0.15) is 0 Å². The molecule has 0 saturated carbocycles. The average Bonchev–Trinajstić information content (AvgIpc) is 2.33. The van der Waals surface area contributed by atoms with E-state index < -0.39 is 0 Å². The highest BCUT2D eigenvalue weighted by molar-refractivity contribution is 8.08. The van der Waals surface area contributed by atoms with Gasteiger partial charge in [0.25, 0.3) is 0 Å². The third kappa shape index (κ3) is 3.39. The normalized spacial score (nSPS) is 10.2. The van der Waals surface area contributed by atoms with E-state index in [0.29, 0.717) is 0 Å². The molecule has 0 radical (unpaired) electrons. The lowest BCUT2D eigenvalue weighted by atomic mass is 10.2. The van der Waals surface area contributed by atoms with Crippen molar-refractivity contribution in [3.8, 4) is 0 Å². The van der Waals surface area contributed by atoms with Crippen LogP contribution in [0, 0.1) is 6.92 Å². The highest BCUT2D eigenvalue weighted by Gasteiger charge is 2.01. The van der Waals surface area contributed by atoms with E-state index in [9.17, 15) is 0 Å². The molecule has 2 heteroatoms. The molecule has 0 saturated heterocycles. The minimum Gasteiger partial charge on any atom is -0.0901 e. The quantitative estimate of drug-likeness (QED) is 0.665. The minimum atomic E-state index is 0.752. The summed E-state index contributed by atoms with van der Waals surface area (Å²) in [7, 11) is 0. The van der Waals surface area contributed by atoms with Crippen molar-refractivity contribution in [1.82, 2.24) is 0 Å². The van der Waals surface area contributed by atoms with Gasteiger partial charge in [-0.25, -0.2) is 0 Å². The van der Waals surface area contributed by atoms with Crippen LogP contribution < -0.4 is 0 Å². The molecule has 0 bridgehead atoms. The maximum atomic E-state index is 5.86. The van der Waals surface area contributed by atoms with Crippen molar-refractivity contribution in [2.24, 2.45) is 0 Å². The zero-order valence-corrected chi connectivity index (χ0v) is 11.2. The Bertz CT molecular complexity index is 512. The highest BCUT2D eigenvalue weighted by Crippen LogP contribution is 2.33. The third-order valence-electron chi connectivity index (χ3n) is 2.43. The fourth-order valence-corrected chi connectivity index (χ4v) is 2.38. The van der Waals surface area contributed by atoms with Crippen molar-refractivity contribution in [2.45, 2.75) is 11.8 Å². The zero-order valence-electron chi connectivity index (χ0n) is 9.61. The summed E-state index contributed by atoms with van der Waals surface area (Å²) >= 11 is 7.53. The fraction of sp³-hybridized carbons (Fsp3) is 0.0667. The van der Waals surface area contributed by atoms with Crippen molar-refractivity contribution in [3.05, 3.63) is 71.3 Å². The van der Waals surface area contributed by atoms with Crippen LogP contribution >= 0.6 is 23.4 Å². The van der Waals surface area contributed by atoms with Gasteiger partial charge in [-0.2, -0.15) is 0 Å². The first-order valence-electron chi connectivity index (χ1n) is 5.34. The number of halogens is 1. The van der Waals surface area contributed by atoms with Crippen LogP contribution in [0.2, 0.25) is 5.02 Å². The number of rotatable bonds is 3. The molecule has 0 aromatic heterocycles. The summed E-state index contributed by atoms with van der Waals surface area (Å²) in [5.74, 6) is 0. The number of benzene rings is 2. The van der Waals surface area contributed by atoms with Gasteiger partial charge >= 0.3 is 0 Å². The van der Waals surface area contributed by atoms with Gasteiger partial charge in [-0.05, 0) is 36.8 Å². The van der Waals surface area contributed by atoms with E-state index in [1.165, 1.54) is 10.5 Å². The summed E-state index contributed by atoms with van der Waals surface area (Å²) in [6, 6.07) is 16.2. The molecule has 0 spiro atoms. The number of aryl methyl sites for hydroxylation is 1. The Hall–Kier alpha value is -1.18. The standard InChI is InChI=1S/C15H13ClS/c1-11-3-9-15(10-4-11)17-12(2)13-5-7-14(16)8-6-13/h3-10H,2H2,1H3. The summed E-state index contributed by atoms with van der Waals surface area (Å²) in [6.45, 7) is 6.18. The van der Waals surface area contributed by atoms with Crippen molar-refractivity contribution >= 4 is 28.3 Å². The average molecular weight is 261 g/mol. The Balaban J connectivity index is 2.11. The van der Waals surface area contributed by atoms with Crippen LogP contribution in [0.3, 0.4) is 0 Å². The van der Waals surface area contributed by atoms with Crippen molar-refractivity contribution in [3.63, 3.8) is 0 Å². The number of thioether (sulfide) groups is 1. The summed E-state index contributed by atoms with van der Waals surface area (Å²) in [5, 5.41) is 0.752. The van der Waals surface area contributed by atoms with E-state index in [2.05, 4.69) is 37.8 Å². The van der Waals surface area contributed by atoms with E-state index in [0.717, 1.165) is 15.5 Å². The van der Waals surface area contributed by atoms with Crippen LogP contribution in [0.15, 0.2) is 60.0 Å². The predicted octanol–water partition coefficient (Wildman–Crippen LogP) is 5.41. The Kier molecular flexibility index (Phi) is 3.93. The molecule has 0 aliphatic rings. The Morgan fingerprint density at radius 3 is 2.18 bits per heavy atom. The van der Waals surface area contributed by atoms with Crippen LogP contribution in [0.4, 0.5) is 0 Å². The first-order chi connectivity index (χ1) is 8.15. The molecule has 0 fully saturated rings. The second-order valence-electron chi connectivity index (χ2n) is 3.85. The number of hydrogen-bond donors (Lipinski definition) is 0. The molecule has 0 nitrogen and oxygen atoms in total. The maximum Gasteiger partial charge on any atom is 0.0406 e. The Labute approximate surface area is 111 Å². The predicted molar refractivity (Wildman–Crippen MR) is 77.5 cm³/mol. The second-order valence-corrected chi connectivity index (χ2v) is 5.45. The van der Waals surface area contributed by atoms with Gasteiger partial charge in [0.15, 0.2) is 0 Å². The Morgan fingerprint density at radius 2 is 1.59 bits per heavy atom. The minimum absolute atomic E-state index is 0.752. The van der Waals surface area contributed by atoms with Crippen molar-refractivity contribution < 1.29 is 0 Å². The van der Waals surface area contributed by atoms with Gasteiger partial charge in [0, 0.05) is 14.8 Å². The van der Waals surface area contributed by atoms with E-state index >= 15 is 0 Å². The fourth-order valence-electron chi connectivity index (χ4n) is 1.44. The lowest BCUT2D eigenvalue weighted by Gasteiger charge is -2.06. The molecule has 0 unspecified atom stereocenters. The maximum absolute atomic E-state index is 5.86. The summed E-state index contributed by atoms with van der Waals surface area (Å²) in [6.07, 6.45) is 0. The topological polar surface area (TPSA) is 0 Å². The second kappa shape index (κ2) is 5.44. The molecule has 2 aromatic carbocycles. The first kappa shape index (κ1) is 12.3. The van der Waals surface area contributed by atoms with Crippen molar-refractivity contribution in [1.29, 1.82) is 0 Å². The summed E-state index contributed by atoms with van der Waals surface area (Å²) in [4.78, 5) is 2.24. The molecule has 17 heavy (non-hydrogen) atoms. The van der Waals surface area contributed by atoms with Gasteiger partial charge in [0.05, 0.1) is 0 Å². The van der Waals surface area contributed by atoms with E-state index in [4.69, 9.17) is 11.6 Å². The van der Waals surface area contributed by atoms with E-state index in [1.807, 2.05) is 24.3 Å². The lowest BCUT2D eigenvalue weighted by molar-refractivity contribution is 1.38. The zero-order chi connectivity index (χ0) is 12.3. The molecule has 2 aromatic rings. The van der Waals surface area contributed by atoms with Crippen LogP contribution in [0.5, 0.6) is 0 Å². The molecule has 2 rings (SSSR count). The molecule has 0 heterocycles. The molecule has 0 aliphatic heterocycles. The van der Waals surface area contributed by atoms with E-state index in [1.54, 1.807) is 11.8 Å². The molecular formula is C15H13ClS. The van der Waals surface area contributed by atoms with Crippen LogP contribution in [0.1, 0.15) is 11.1 Å². The Morgan fingerprint density at radius 1 is 1.00 bits per heavy atom. The third-order valence-corrected chi connectivity index (χ3v) is 3.67. The van der Waals surface area contributed by atoms with Gasteiger partial charge in [0.2, 0.25) is 0 Å². The van der Waals surface area contributed by atoms with Crippen LogP contribution in [0.25, 0.3) is 4.91 Å². The summed E-state index contributed by atoms with van der Waals surface area (Å²) < 4.78 is 0. The molecule has 0 amide bonds.